The molecule has 0 aromatic carbocycles. The van der Waals surface area contributed by atoms with Crippen LogP contribution in [0.1, 0.15) is 27.7 Å². The average molecular weight is 159 g/mol. The van der Waals surface area contributed by atoms with E-state index in [-0.39, 0.29) is 5.60 Å². The Kier molecular flexibility index (Phi) is 4.04. The van der Waals surface area contributed by atoms with Gasteiger partial charge in [-0.25, -0.2) is 0 Å². The summed E-state index contributed by atoms with van der Waals surface area (Å²) in [6, 6.07) is 0. The number of hydrogen-bond acceptors (Lipinski definition) is 2. The van der Waals surface area contributed by atoms with Gasteiger partial charge >= 0.3 is 0 Å². The minimum atomic E-state index is -0.139. The fraction of sp³-hybridized carbons (Fsp3) is 1.00. The Morgan fingerprint density at radius 1 is 1.18 bits per heavy atom. The first kappa shape index (κ1) is 10.9. The van der Waals surface area contributed by atoms with Crippen LogP contribution in [0.5, 0.6) is 0 Å². The SMILES string of the molecule is COC(CN)(C(C)C)C(C)C. The fourth-order valence-electron chi connectivity index (χ4n) is 1.69. The first-order valence-electron chi connectivity index (χ1n) is 4.26. The molecule has 68 valence electrons. The Morgan fingerprint density at radius 3 is 1.55 bits per heavy atom. The minimum absolute atomic E-state index is 0.139. The lowest BCUT2D eigenvalue weighted by atomic mass is 9.80. The van der Waals surface area contributed by atoms with E-state index in [1.165, 1.54) is 0 Å². The van der Waals surface area contributed by atoms with Crippen LogP contribution >= 0.6 is 0 Å². The summed E-state index contributed by atoms with van der Waals surface area (Å²) in [5.41, 5.74) is 5.56. The molecular formula is C9H21NO. The molecule has 0 aliphatic carbocycles. The lowest BCUT2D eigenvalue weighted by Crippen LogP contribution is -2.49. The monoisotopic (exact) mass is 159 g/mol. The van der Waals surface area contributed by atoms with Crippen molar-refractivity contribution < 1.29 is 4.74 Å². The van der Waals surface area contributed by atoms with Crippen LogP contribution in [0.4, 0.5) is 0 Å². The second kappa shape index (κ2) is 4.07. The van der Waals surface area contributed by atoms with Crippen LogP contribution < -0.4 is 5.73 Å². The summed E-state index contributed by atoms with van der Waals surface area (Å²) < 4.78 is 5.48. The molecule has 0 aromatic rings. The largest absolute Gasteiger partial charge is 0.376 e. The van der Waals surface area contributed by atoms with E-state index in [1.807, 2.05) is 0 Å². The molecule has 0 rings (SSSR count). The van der Waals surface area contributed by atoms with Crippen LogP contribution in [0, 0.1) is 11.8 Å². The highest BCUT2D eigenvalue weighted by Gasteiger charge is 2.35. The van der Waals surface area contributed by atoms with Gasteiger partial charge in [0.2, 0.25) is 0 Å². The predicted molar refractivity (Wildman–Crippen MR) is 48.5 cm³/mol. The molecule has 0 saturated carbocycles. The van der Waals surface area contributed by atoms with E-state index < -0.39 is 0 Å². The summed E-state index contributed by atoms with van der Waals surface area (Å²) in [6.45, 7) is 9.19. The van der Waals surface area contributed by atoms with Gasteiger partial charge in [0.25, 0.3) is 0 Å². The Labute approximate surface area is 70.1 Å². The normalized spacial score (nSPS) is 13.1. The molecule has 0 radical (unpaired) electrons. The number of rotatable bonds is 4. The van der Waals surface area contributed by atoms with Gasteiger partial charge < -0.3 is 10.5 Å². The van der Waals surface area contributed by atoms with Gasteiger partial charge in [-0.2, -0.15) is 0 Å². The van der Waals surface area contributed by atoms with Crippen LogP contribution in [-0.4, -0.2) is 19.3 Å². The maximum atomic E-state index is 5.70. The molecule has 0 saturated heterocycles. The molecule has 0 aromatic heterocycles. The molecule has 0 atom stereocenters. The molecule has 0 fully saturated rings. The van der Waals surface area contributed by atoms with E-state index in [0.717, 1.165) is 0 Å². The highest BCUT2D eigenvalue weighted by Crippen LogP contribution is 2.28. The van der Waals surface area contributed by atoms with Gasteiger partial charge in [0.05, 0.1) is 5.60 Å². The number of ether oxygens (including phenoxy) is 1. The zero-order chi connectivity index (χ0) is 9.07. The lowest BCUT2D eigenvalue weighted by molar-refractivity contribution is -0.0753. The van der Waals surface area contributed by atoms with Gasteiger partial charge in [0.15, 0.2) is 0 Å². The van der Waals surface area contributed by atoms with Crippen molar-refractivity contribution in [2.45, 2.75) is 33.3 Å². The van der Waals surface area contributed by atoms with E-state index in [9.17, 15) is 0 Å². The maximum Gasteiger partial charge on any atom is 0.0845 e. The molecule has 0 bridgehead atoms. The van der Waals surface area contributed by atoms with E-state index in [1.54, 1.807) is 7.11 Å². The number of hydrogen-bond donors (Lipinski definition) is 1. The van der Waals surface area contributed by atoms with E-state index in [4.69, 9.17) is 10.5 Å². The van der Waals surface area contributed by atoms with Gasteiger partial charge in [-0.15, -0.1) is 0 Å². The molecule has 2 N–H and O–H groups in total. The standard InChI is InChI=1S/C9H21NO/c1-7(2)9(6-10,11-5)8(3)4/h7-8H,6,10H2,1-5H3. The molecule has 2 nitrogen and oxygen atoms in total. The predicted octanol–water partition coefficient (Wildman–Crippen LogP) is 1.64. The molecular weight excluding hydrogens is 138 g/mol. The summed E-state index contributed by atoms with van der Waals surface area (Å²) in [4.78, 5) is 0. The van der Waals surface area contributed by atoms with E-state index >= 15 is 0 Å². The molecule has 2 heteroatoms. The van der Waals surface area contributed by atoms with Crippen molar-refractivity contribution in [3.8, 4) is 0 Å². The van der Waals surface area contributed by atoms with Crippen molar-refractivity contribution in [2.75, 3.05) is 13.7 Å². The molecule has 0 unspecified atom stereocenters. The van der Waals surface area contributed by atoms with Crippen LogP contribution in [0.2, 0.25) is 0 Å². The van der Waals surface area contributed by atoms with Gasteiger partial charge in [0.1, 0.15) is 0 Å². The highest BCUT2D eigenvalue weighted by molar-refractivity contribution is 4.87. The Hall–Kier alpha value is -0.0800. The molecule has 11 heavy (non-hydrogen) atoms. The summed E-state index contributed by atoms with van der Waals surface area (Å²) in [5, 5.41) is 0. The third-order valence-corrected chi connectivity index (χ3v) is 2.65. The second-order valence-corrected chi connectivity index (χ2v) is 3.67. The summed E-state index contributed by atoms with van der Waals surface area (Å²) in [7, 11) is 1.74. The highest BCUT2D eigenvalue weighted by atomic mass is 16.5. The molecule has 0 spiro atoms. The smallest absolute Gasteiger partial charge is 0.0845 e. The minimum Gasteiger partial charge on any atom is -0.376 e. The van der Waals surface area contributed by atoms with Crippen molar-refractivity contribution >= 4 is 0 Å². The zero-order valence-corrected chi connectivity index (χ0v) is 8.35. The number of methoxy groups -OCH3 is 1. The summed E-state index contributed by atoms with van der Waals surface area (Å²) >= 11 is 0. The zero-order valence-electron chi connectivity index (χ0n) is 8.35. The van der Waals surface area contributed by atoms with Crippen molar-refractivity contribution in [1.29, 1.82) is 0 Å². The van der Waals surface area contributed by atoms with Crippen molar-refractivity contribution in [3.63, 3.8) is 0 Å². The average Bonchev–Trinajstić information content (AvgIpc) is 1.90. The van der Waals surface area contributed by atoms with Crippen LogP contribution in [0.3, 0.4) is 0 Å². The van der Waals surface area contributed by atoms with E-state index in [0.29, 0.717) is 18.4 Å². The first-order valence-corrected chi connectivity index (χ1v) is 4.26. The molecule has 0 aliphatic heterocycles. The maximum absolute atomic E-state index is 5.70. The van der Waals surface area contributed by atoms with Crippen LogP contribution in [0.15, 0.2) is 0 Å². The third kappa shape index (κ3) is 1.94. The Bertz CT molecular complexity index is 96.1. The van der Waals surface area contributed by atoms with Crippen molar-refractivity contribution in [3.05, 3.63) is 0 Å². The van der Waals surface area contributed by atoms with Crippen LogP contribution in [0.25, 0.3) is 0 Å². The topological polar surface area (TPSA) is 35.2 Å². The van der Waals surface area contributed by atoms with Crippen molar-refractivity contribution in [2.24, 2.45) is 17.6 Å². The van der Waals surface area contributed by atoms with Gasteiger partial charge in [-0.3, -0.25) is 0 Å². The summed E-state index contributed by atoms with van der Waals surface area (Å²) in [5.74, 6) is 0.940. The quantitative estimate of drug-likeness (QED) is 0.677. The van der Waals surface area contributed by atoms with E-state index in [2.05, 4.69) is 27.7 Å². The second-order valence-electron chi connectivity index (χ2n) is 3.67. The molecule has 0 aliphatic rings. The third-order valence-electron chi connectivity index (χ3n) is 2.65. The number of nitrogens with two attached hydrogens (primary N) is 1. The lowest BCUT2D eigenvalue weighted by Gasteiger charge is -2.38. The van der Waals surface area contributed by atoms with Crippen LogP contribution in [-0.2, 0) is 4.74 Å². The van der Waals surface area contributed by atoms with Gasteiger partial charge in [-0.05, 0) is 11.8 Å². The molecule has 0 amide bonds. The Morgan fingerprint density at radius 2 is 1.55 bits per heavy atom. The fourth-order valence-corrected chi connectivity index (χ4v) is 1.69. The molecule has 0 heterocycles. The Balaban J connectivity index is 4.46. The summed E-state index contributed by atoms with van der Waals surface area (Å²) in [6.07, 6.45) is 0. The first-order chi connectivity index (χ1) is 5.01. The van der Waals surface area contributed by atoms with Crippen molar-refractivity contribution in [1.82, 2.24) is 0 Å². The van der Waals surface area contributed by atoms with Gasteiger partial charge in [-0.1, -0.05) is 27.7 Å². The van der Waals surface area contributed by atoms with Gasteiger partial charge in [0, 0.05) is 13.7 Å².